The zero-order valence-electron chi connectivity index (χ0n) is 14.3. The first kappa shape index (κ1) is 18.1. The standard InChI is InChI=1S/C18H17N3O4S2/c22-17(13-4-2-1-3-5-13)20-18-19-15-7-6-14(12-16(15)26-18)27(23,24)21-8-10-25-11-9-21/h1-7,12H,8-11H2,(H,19,20,22). The van der Waals surface area contributed by atoms with Gasteiger partial charge in [0.2, 0.25) is 10.0 Å². The van der Waals surface area contributed by atoms with Gasteiger partial charge in [-0.2, -0.15) is 4.31 Å². The van der Waals surface area contributed by atoms with Crippen LogP contribution in [0.25, 0.3) is 10.2 Å². The minimum absolute atomic E-state index is 0.224. The number of nitrogens with one attached hydrogen (secondary N) is 1. The smallest absolute Gasteiger partial charge is 0.257 e. The first-order valence-electron chi connectivity index (χ1n) is 8.39. The molecule has 0 aliphatic carbocycles. The van der Waals surface area contributed by atoms with E-state index in [4.69, 9.17) is 4.74 Å². The van der Waals surface area contributed by atoms with Crippen molar-refractivity contribution in [2.45, 2.75) is 4.90 Å². The summed E-state index contributed by atoms with van der Waals surface area (Å²) in [5, 5.41) is 3.19. The predicted molar refractivity (Wildman–Crippen MR) is 104 cm³/mol. The van der Waals surface area contributed by atoms with Gasteiger partial charge in [0.1, 0.15) is 0 Å². The number of benzene rings is 2. The van der Waals surface area contributed by atoms with Crippen molar-refractivity contribution in [2.75, 3.05) is 31.6 Å². The number of rotatable bonds is 4. The molecule has 1 aromatic heterocycles. The number of ether oxygens (including phenoxy) is 1. The molecule has 0 radical (unpaired) electrons. The van der Waals surface area contributed by atoms with E-state index in [-0.39, 0.29) is 10.8 Å². The van der Waals surface area contributed by atoms with Crippen LogP contribution in [0.3, 0.4) is 0 Å². The minimum atomic E-state index is -3.57. The quantitative estimate of drug-likeness (QED) is 0.723. The van der Waals surface area contributed by atoms with Gasteiger partial charge in [0.25, 0.3) is 5.91 Å². The van der Waals surface area contributed by atoms with Gasteiger partial charge in [-0.3, -0.25) is 10.1 Å². The molecule has 0 saturated carbocycles. The molecular weight excluding hydrogens is 386 g/mol. The van der Waals surface area contributed by atoms with E-state index in [9.17, 15) is 13.2 Å². The zero-order chi connectivity index (χ0) is 18.9. The van der Waals surface area contributed by atoms with Gasteiger partial charge in [-0.25, -0.2) is 13.4 Å². The Hall–Kier alpha value is -2.33. The third-order valence-electron chi connectivity index (χ3n) is 4.22. The fourth-order valence-electron chi connectivity index (χ4n) is 2.81. The average molecular weight is 403 g/mol. The Morgan fingerprint density at radius 1 is 1.11 bits per heavy atom. The van der Waals surface area contributed by atoms with Gasteiger partial charge in [0.05, 0.1) is 28.3 Å². The van der Waals surface area contributed by atoms with Crippen LogP contribution in [0, 0.1) is 0 Å². The summed E-state index contributed by atoms with van der Waals surface area (Å²) >= 11 is 1.25. The van der Waals surface area contributed by atoms with Gasteiger partial charge in [0.15, 0.2) is 5.13 Å². The maximum absolute atomic E-state index is 12.8. The van der Waals surface area contributed by atoms with Crippen LogP contribution in [0.2, 0.25) is 0 Å². The fraction of sp³-hybridized carbons (Fsp3) is 0.222. The number of hydrogen-bond acceptors (Lipinski definition) is 6. The molecule has 1 amide bonds. The molecule has 7 nitrogen and oxygen atoms in total. The summed E-state index contributed by atoms with van der Waals surface area (Å²) in [7, 11) is -3.57. The van der Waals surface area contributed by atoms with Gasteiger partial charge in [-0.1, -0.05) is 29.5 Å². The lowest BCUT2D eigenvalue weighted by Gasteiger charge is -2.25. The van der Waals surface area contributed by atoms with Crippen LogP contribution in [0.15, 0.2) is 53.4 Å². The summed E-state index contributed by atoms with van der Waals surface area (Å²) in [5.74, 6) is -0.254. The van der Waals surface area contributed by atoms with E-state index in [2.05, 4.69) is 10.3 Å². The zero-order valence-corrected chi connectivity index (χ0v) is 15.9. The van der Waals surface area contributed by atoms with E-state index in [0.717, 1.165) is 0 Å². The molecule has 9 heteroatoms. The molecule has 140 valence electrons. The molecule has 1 saturated heterocycles. The normalized spacial score (nSPS) is 15.7. The van der Waals surface area contributed by atoms with Crippen LogP contribution in [0.1, 0.15) is 10.4 Å². The Morgan fingerprint density at radius 2 is 1.85 bits per heavy atom. The highest BCUT2D eigenvalue weighted by atomic mass is 32.2. The summed E-state index contributed by atoms with van der Waals surface area (Å²) < 4.78 is 32.9. The van der Waals surface area contributed by atoms with Crippen molar-refractivity contribution in [1.82, 2.24) is 9.29 Å². The van der Waals surface area contributed by atoms with Gasteiger partial charge >= 0.3 is 0 Å². The summed E-state index contributed by atoms with van der Waals surface area (Å²) in [5.41, 5.74) is 1.18. The SMILES string of the molecule is O=C(Nc1nc2ccc(S(=O)(=O)N3CCOCC3)cc2s1)c1ccccc1. The van der Waals surface area contributed by atoms with E-state index < -0.39 is 10.0 Å². The molecule has 1 aliphatic rings. The number of aromatic nitrogens is 1. The molecule has 1 N–H and O–H groups in total. The third kappa shape index (κ3) is 3.72. The Bertz CT molecular complexity index is 1070. The highest BCUT2D eigenvalue weighted by Gasteiger charge is 2.26. The van der Waals surface area contributed by atoms with Gasteiger partial charge in [-0.05, 0) is 30.3 Å². The minimum Gasteiger partial charge on any atom is -0.379 e. The van der Waals surface area contributed by atoms with Crippen LogP contribution in [-0.2, 0) is 14.8 Å². The lowest BCUT2D eigenvalue weighted by Crippen LogP contribution is -2.40. The second-order valence-electron chi connectivity index (χ2n) is 5.99. The summed E-state index contributed by atoms with van der Waals surface area (Å²) in [6, 6.07) is 13.7. The maximum Gasteiger partial charge on any atom is 0.257 e. The van der Waals surface area contributed by atoms with Crippen molar-refractivity contribution in [2.24, 2.45) is 0 Å². The van der Waals surface area contributed by atoms with E-state index >= 15 is 0 Å². The van der Waals surface area contributed by atoms with Crippen LogP contribution in [0.4, 0.5) is 5.13 Å². The second kappa shape index (κ2) is 7.35. The number of fused-ring (bicyclic) bond motifs is 1. The third-order valence-corrected chi connectivity index (χ3v) is 7.05. The highest BCUT2D eigenvalue weighted by molar-refractivity contribution is 7.89. The number of anilines is 1. The van der Waals surface area contributed by atoms with Crippen LogP contribution in [-0.4, -0.2) is 49.9 Å². The van der Waals surface area contributed by atoms with Gasteiger partial charge in [0, 0.05) is 18.7 Å². The van der Waals surface area contributed by atoms with Crippen LogP contribution in [0.5, 0.6) is 0 Å². The van der Waals surface area contributed by atoms with Crippen LogP contribution < -0.4 is 5.32 Å². The Kier molecular flexibility index (Phi) is 4.92. The topological polar surface area (TPSA) is 88.6 Å². The highest BCUT2D eigenvalue weighted by Crippen LogP contribution is 2.29. The number of sulfonamides is 1. The average Bonchev–Trinajstić information content (AvgIpc) is 3.10. The summed E-state index contributed by atoms with van der Waals surface area (Å²) in [4.78, 5) is 16.9. The molecule has 3 aromatic rings. The number of hydrogen-bond donors (Lipinski definition) is 1. The van der Waals surface area contributed by atoms with E-state index in [0.29, 0.717) is 47.2 Å². The van der Waals surface area contributed by atoms with Crippen molar-refractivity contribution < 1.29 is 17.9 Å². The predicted octanol–water partition coefficient (Wildman–Crippen LogP) is 2.57. The number of amides is 1. The molecule has 0 bridgehead atoms. The van der Waals surface area contributed by atoms with Crippen molar-refractivity contribution in [3.05, 3.63) is 54.1 Å². The molecule has 0 unspecified atom stereocenters. The number of carbonyl (C=O) groups is 1. The second-order valence-corrected chi connectivity index (χ2v) is 8.95. The first-order valence-corrected chi connectivity index (χ1v) is 10.6. The molecule has 1 aliphatic heterocycles. The Labute approximate surface area is 160 Å². The summed E-state index contributed by atoms with van der Waals surface area (Å²) in [6.07, 6.45) is 0. The van der Waals surface area contributed by atoms with Crippen molar-refractivity contribution in [1.29, 1.82) is 0 Å². The molecule has 1 fully saturated rings. The number of thiazole rings is 1. The van der Waals surface area contributed by atoms with Gasteiger partial charge in [-0.15, -0.1) is 0 Å². The van der Waals surface area contributed by atoms with E-state index in [1.807, 2.05) is 6.07 Å². The van der Waals surface area contributed by atoms with Crippen molar-refractivity contribution in [3.63, 3.8) is 0 Å². The lowest BCUT2D eigenvalue weighted by molar-refractivity contribution is 0.0730. The first-order chi connectivity index (χ1) is 13.0. The lowest BCUT2D eigenvalue weighted by atomic mass is 10.2. The summed E-state index contributed by atoms with van der Waals surface area (Å²) in [6.45, 7) is 1.50. The van der Waals surface area contributed by atoms with Crippen LogP contribution >= 0.6 is 11.3 Å². The van der Waals surface area contributed by atoms with E-state index in [1.54, 1.807) is 42.5 Å². The van der Waals surface area contributed by atoms with Gasteiger partial charge < -0.3 is 4.74 Å². The van der Waals surface area contributed by atoms with Crippen molar-refractivity contribution in [3.8, 4) is 0 Å². The molecule has 2 aromatic carbocycles. The fourth-order valence-corrected chi connectivity index (χ4v) is 5.22. The van der Waals surface area contributed by atoms with Crippen molar-refractivity contribution >= 4 is 42.6 Å². The molecule has 0 spiro atoms. The Morgan fingerprint density at radius 3 is 2.59 bits per heavy atom. The molecule has 2 heterocycles. The maximum atomic E-state index is 12.8. The monoisotopic (exact) mass is 403 g/mol. The molecule has 0 atom stereocenters. The Balaban J connectivity index is 1.59. The number of morpholine rings is 1. The number of nitrogens with zero attached hydrogens (tertiary/aromatic N) is 2. The molecular formula is C18H17N3O4S2. The largest absolute Gasteiger partial charge is 0.379 e. The molecule has 27 heavy (non-hydrogen) atoms. The van der Waals surface area contributed by atoms with E-state index in [1.165, 1.54) is 15.6 Å². The number of carbonyl (C=O) groups excluding carboxylic acids is 1. The molecule has 4 rings (SSSR count).